The van der Waals surface area contributed by atoms with E-state index in [1.807, 2.05) is 0 Å². The SMILES string of the molecule is COC(=O)C(Br)Cc1ccc(C)cc1C. The van der Waals surface area contributed by atoms with Crippen LogP contribution in [0.4, 0.5) is 0 Å². The molecule has 1 aromatic carbocycles. The number of carbonyl (C=O) groups excluding carboxylic acids is 1. The van der Waals surface area contributed by atoms with Crippen LogP contribution in [-0.2, 0) is 16.0 Å². The zero-order chi connectivity index (χ0) is 11.4. The molecular weight excluding hydrogens is 256 g/mol. The Kier molecular flexibility index (Phi) is 4.33. The van der Waals surface area contributed by atoms with E-state index >= 15 is 0 Å². The molecule has 0 amide bonds. The summed E-state index contributed by atoms with van der Waals surface area (Å²) in [6, 6.07) is 6.23. The van der Waals surface area contributed by atoms with E-state index < -0.39 is 0 Å². The van der Waals surface area contributed by atoms with Crippen LogP contribution in [0.25, 0.3) is 0 Å². The standard InChI is InChI=1S/C12H15BrO2/c1-8-4-5-10(9(2)6-8)7-11(13)12(14)15-3/h4-6,11H,7H2,1-3H3. The Morgan fingerprint density at radius 2 is 2.13 bits per heavy atom. The van der Waals surface area contributed by atoms with Crippen LogP contribution in [0.5, 0.6) is 0 Å². The molecule has 0 fully saturated rings. The van der Waals surface area contributed by atoms with Gasteiger partial charge < -0.3 is 4.74 Å². The van der Waals surface area contributed by atoms with Gasteiger partial charge in [-0.05, 0) is 31.4 Å². The lowest BCUT2D eigenvalue weighted by Crippen LogP contribution is -2.18. The van der Waals surface area contributed by atoms with Gasteiger partial charge in [0.15, 0.2) is 0 Å². The van der Waals surface area contributed by atoms with Gasteiger partial charge in [0.25, 0.3) is 0 Å². The van der Waals surface area contributed by atoms with Crippen LogP contribution in [0.3, 0.4) is 0 Å². The Morgan fingerprint density at radius 1 is 1.47 bits per heavy atom. The number of ether oxygens (including phenoxy) is 1. The average Bonchev–Trinajstić information content (AvgIpc) is 2.20. The summed E-state index contributed by atoms with van der Waals surface area (Å²) in [5, 5.41) is 0. The van der Waals surface area contributed by atoms with Gasteiger partial charge in [0.05, 0.1) is 7.11 Å². The predicted octanol–water partition coefficient (Wildman–Crippen LogP) is 2.78. The fraction of sp³-hybridized carbons (Fsp3) is 0.417. The molecule has 0 heterocycles. The summed E-state index contributed by atoms with van der Waals surface area (Å²) < 4.78 is 4.66. The Balaban J connectivity index is 2.76. The van der Waals surface area contributed by atoms with Crippen molar-refractivity contribution in [1.82, 2.24) is 0 Å². The summed E-state index contributed by atoms with van der Waals surface area (Å²) in [4.78, 5) is 11.0. The number of aryl methyl sites for hydroxylation is 2. The van der Waals surface area contributed by atoms with Crippen LogP contribution in [-0.4, -0.2) is 17.9 Å². The Bertz CT molecular complexity index is 361. The molecule has 0 saturated heterocycles. The Labute approximate surface area is 98.8 Å². The molecule has 0 aliphatic heterocycles. The van der Waals surface area contributed by atoms with Crippen molar-refractivity contribution in [2.75, 3.05) is 7.11 Å². The third-order valence-electron chi connectivity index (χ3n) is 2.35. The van der Waals surface area contributed by atoms with Crippen LogP contribution in [0, 0.1) is 13.8 Å². The first-order valence-corrected chi connectivity index (χ1v) is 5.74. The van der Waals surface area contributed by atoms with Gasteiger partial charge in [-0.1, -0.05) is 39.7 Å². The zero-order valence-corrected chi connectivity index (χ0v) is 10.8. The number of esters is 1. The molecule has 0 aliphatic rings. The maximum Gasteiger partial charge on any atom is 0.319 e. The van der Waals surface area contributed by atoms with E-state index in [2.05, 4.69) is 52.7 Å². The molecule has 0 radical (unpaired) electrons. The molecule has 0 spiro atoms. The monoisotopic (exact) mass is 270 g/mol. The first kappa shape index (κ1) is 12.2. The highest BCUT2D eigenvalue weighted by molar-refractivity contribution is 9.10. The van der Waals surface area contributed by atoms with Crippen molar-refractivity contribution in [3.05, 3.63) is 34.9 Å². The summed E-state index contributed by atoms with van der Waals surface area (Å²) >= 11 is 3.32. The summed E-state index contributed by atoms with van der Waals surface area (Å²) in [7, 11) is 1.40. The summed E-state index contributed by atoms with van der Waals surface area (Å²) in [6.45, 7) is 4.11. The van der Waals surface area contributed by atoms with E-state index in [4.69, 9.17) is 0 Å². The van der Waals surface area contributed by atoms with Gasteiger partial charge in [0, 0.05) is 0 Å². The van der Waals surface area contributed by atoms with Crippen molar-refractivity contribution in [2.45, 2.75) is 25.1 Å². The number of halogens is 1. The summed E-state index contributed by atoms with van der Waals surface area (Å²) in [5.74, 6) is -0.227. The number of rotatable bonds is 3. The summed E-state index contributed by atoms with van der Waals surface area (Å²) in [6.07, 6.45) is 0.665. The Hall–Kier alpha value is -0.830. The molecule has 15 heavy (non-hydrogen) atoms. The minimum absolute atomic E-state index is 0.227. The van der Waals surface area contributed by atoms with E-state index in [0.717, 1.165) is 0 Å². The maximum absolute atomic E-state index is 11.2. The van der Waals surface area contributed by atoms with Gasteiger partial charge in [-0.3, -0.25) is 4.79 Å². The normalized spacial score (nSPS) is 12.3. The van der Waals surface area contributed by atoms with E-state index in [1.165, 1.54) is 23.8 Å². The molecule has 0 saturated carbocycles. The molecule has 1 rings (SSSR count). The van der Waals surface area contributed by atoms with Crippen LogP contribution in [0.15, 0.2) is 18.2 Å². The van der Waals surface area contributed by atoms with Crippen LogP contribution >= 0.6 is 15.9 Å². The van der Waals surface area contributed by atoms with E-state index in [0.29, 0.717) is 6.42 Å². The van der Waals surface area contributed by atoms with Crippen LogP contribution in [0.2, 0.25) is 0 Å². The van der Waals surface area contributed by atoms with Crippen molar-refractivity contribution in [3.8, 4) is 0 Å². The number of methoxy groups -OCH3 is 1. The fourth-order valence-electron chi connectivity index (χ4n) is 1.48. The molecular formula is C12H15BrO2. The highest BCUT2D eigenvalue weighted by atomic mass is 79.9. The van der Waals surface area contributed by atoms with Crippen molar-refractivity contribution >= 4 is 21.9 Å². The lowest BCUT2D eigenvalue weighted by atomic mass is 10.0. The van der Waals surface area contributed by atoms with Crippen molar-refractivity contribution in [1.29, 1.82) is 0 Å². The molecule has 82 valence electrons. The molecule has 0 N–H and O–H groups in total. The minimum Gasteiger partial charge on any atom is -0.468 e. The number of benzene rings is 1. The molecule has 0 aromatic heterocycles. The van der Waals surface area contributed by atoms with Gasteiger partial charge in [-0.2, -0.15) is 0 Å². The first-order chi connectivity index (χ1) is 7.04. The van der Waals surface area contributed by atoms with Gasteiger partial charge in [0.1, 0.15) is 4.83 Å². The zero-order valence-electron chi connectivity index (χ0n) is 9.21. The number of carbonyl (C=O) groups is 1. The molecule has 1 atom stereocenters. The van der Waals surface area contributed by atoms with Crippen molar-refractivity contribution < 1.29 is 9.53 Å². The number of hydrogen-bond acceptors (Lipinski definition) is 2. The average molecular weight is 271 g/mol. The number of alkyl halides is 1. The maximum atomic E-state index is 11.2. The van der Waals surface area contributed by atoms with Crippen molar-refractivity contribution in [2.24, 2.45) is 0 Å². The Morgan fingerprint density at radius 3 is 2.67 bits per heavy atom. The predicted molar refractivity (Wildman–Crippen MR) is 64.4 cm³/mol. The molecule has 3 heteroatoms. The molecule has 0 aliphatic carbocycles. The van der Waals surface area contributed by atoms with E-state index in [1.54, 1.807) is 0 Å². The molecule has 1 unspecified atom stereocenters. The second-order valence-corrected chi connectivity index (χ2v) is 4.73. The summed E-state index contributed by atoms with van der Waals surface area (Å²) in [5.41, 5.74) is 3.62. The molecule has 0 bridgehead atoms. The van der Waals surface area contributed by atoms with Gasteiger partial charge in [-0.15, -0.1) is 0 Å². The van der Waals surface area contributed by atoms with Gasteiger partial charge in [-0.25, -0.2) is 0 Å². The molecule has 1 aromatic rings. The van der Waals surface area contributed by atoms with Crippen LogP contribution < -0.4 is 0 Å². The van der Waals surface area contributed by atoms with Gasteiger partial charge >= 0.3 is 5.97 Å². The topological polar surface area (TPSA) is 26.3 Å². The third-order valence-corrected chi connectivity index (χ3v) is 3.05. The second kappa shape index (κ2) is 5.31. The smallest absolute Gasteiger partial charge is 0.319 e. The highest BCUT2D eigenvalue weighted by Crippen LogP contribution is 2.16. The lowest BCUT2D eigenvalue weighted by Gasteiger charge is -2.10. The third kappa shape index (κ3) is 3.34. The quantitative estimate of drug-likeness (QED) is 0.624. The first-order valence-electron chi connectivity index (χ1n) is 4.82. The highest BCUT2D eigenvalue weighted by Gasteiger charge is 2.16. The minimum atomic E-state index is -0.260. The van der Waals surface area contributed by atoms with Crippen LogP contribution in [0.1, 0.15) is 16.7 Å². The van der Waals surface area contributed by atoms with Gasteiger partial charge in [0.2, 0.25) is 0 Å². The van der Waals surface area contributed by atoms with E-state index in [9.17, 15) is 4.79 Å². The van der Waals surface area contributed by atoms with Crippen molar-refractivity contribution in [3.63, 3.8) is 0 Å². The number of hydrogen-bond donors (Lipinski definition) is 0. The second-order valence-electron chi connectivity index (χ2n) is 3.62. The molecule has 2 nitrogen and oxygen atoms in total. The van der Waals surface area contributed by atoms with E-state index in [-0.39, 0.29) is 10.8 Å². The largest absolute Gasteiger partial charge is 0.468 e. The lowest BCUT2D eigenvalue weighted by molar-refractivity contribution is -0.139. The fourth-order valence-corrected chi connectivity index (χ4v) is 2.01.